The van der Waals surface area contributed by atoms with Crippen LogP contribution in [0.1, 0.15) is 18.1 Å². The lowest BCUT2D eigenvalue weighted by Crippen LogP contribution is -2.46. The monoisotopic (exact) mass is 272 g/mol. The van der Waals surface area contributed by atoms with Gasteiger partial charge in [-0.3, -0.25) is 4.79 Å². The van der Waals surface area contributed by atoms with E-state index in [1.165, 1.54) is 0 Å². The third-order valence-corrected chi connectivity index (χ3v) is 1.95. The topological polar surface area (TPSA) is 155 Å². The second kappa shape index (κ2) is 6.33. The number of aliphatic carboxylic acids is 2. The summed E-state index contributed by atoms with van der Waals surface area (Å²) in [4.78, 5) is 36.3. The average Bonchev–Trinajstić information content (AvgIpc) is 2.71. The van der Waals surface area contributed by atoms with Gasteiger partial charge >= 0.3 is 18.0 Å². The van der Waals surface area contributed by atoms with Gasteiger partial charge in [0.1, 0.15) is 6.04 Å². The number of nitrogens with zero attached hydrogens (tertiary/aromatic N) is 2. The molecule has 0 aliphatic carbocycles. The van der Waals surface area contributed by atoms with E-state index in [0.717, 1.165) is 0 Å². The first-order chi connectivity index (χ1) is 8.88. The quantitative estimate of drug-likeness (QED) is 0.519. The second-order valence-corrected chi connectivity index (χ2v) is 3.55. The van der Waals surface area contributed by atoms with Gasteiger partial charge in [0.05, 0.1) is 13.0 Å². The summed E-state index contributed by atoms with van der Waals surface area (Å²) in [5, 5.41) is 25.0. The van der Waals surface area contributed by atoms with Gasteiger partial charge < -0.3 is 25.4 Å². The minimum Gasteiger partial charge on any atom is -0.481 e. The zero-order valence-corrected chi connectivity index (χ0v) is 9.91. The van der Waals surface area contributed by atoms with E-state index in [9.17, 15) is 14.4 Å². The smallest absolute Gasteiger partial charge is 0.326 e. The number of carboxylic acids is 2. The summed E-state index contributed by atoms with van der Waals surface area (Å²) in [7, 11) is 0. The Kier molecular flexibility index (Phi) is 4.80. The number of amides is 2. The largest absolute Gasteiger partial charge is 0.481 e. The molecule has 0 fully saturated rings. The molecule has 1 rings (SSSR count). The van der Waals surface area contributed by atoms with Gasteiger partial charge in [0.2, 0.25) is 5.89 Å². The van der Waals surface area contributed by atoms with Gasteiger partial charge in [0.15, 0.2) is 5.82 Å². The van der Waals surface area contributed by atoms with Crippen LogP contribution in [0.15, 0.2) is 4.52 Å². The molecule has 0 spiro atoms. The molecular weight excluding hydrogens is 260 g/mol. The predicted molar refractivity (Wildman–Crippen MR) is 58.1 cm³/mol. The molecule has 4 N–H and O–H groups in total. The molecule has 1 atom stereocenters. The van der Waals surface area contributed by atoms with Crippen LogP contribution in [-0.4, -0.2) is 44.4 Å². The van der Waals surface area contributed by atoms with E-state index in [1.54, 1.807) is 6.92 Å². The Balaban J connectivity index is 2.44. The van der Waals surface area contributed by atoms with Crippen LogP contribution in [0.25, 0.3) is 0 Å². The molecule has 1 aromatic heterocycles. The van der Waals surface area contributed by atoms with Crippen molar-refractivity contribution < 1.29 is 29.1 Å². The molecule has 10 nitrogen and oxygen atoms in total. The van der Waals surface area contributed by atoms with Crippen molar-refractivity contribution in [3.8, 4) is 0 Å². The normalized spacial score (nSPS) is 11.6. The number of nitrogens with one attached hydrogen (secondary N) is 2. The molecule has 10 heteroatoms. The fraction of sp³-hybridized carbons (Fsp3) is 0.444. The van der Waals surface area contributed by atoms with Crippen molar-refractivity contribution in [3.05, 3.63) is 11.7 Å². The van der Waals surface area contributed by atoms with Gasteiger partial charge in [-0.25, -0.2) is 9.59 Å². The Labute approximate surface area is 106 Å². The Morgan fingerprint density at radius 2 is 2.05 bits per heavy atom. The predicted octanol–water partition coefficient (Wildman–Crippen LogP) is -0.895. The Morgan fingerprint density at radius 3 is 2.53 bits per heavy atom. The molecular formula is C9H12N4O6. The molecule has 0 aliphatic rings. The third kappa shape index (κ3) is 5.02. The van der Waals surface area contributed by atoms with Crippen molar-refractivity contribution in [2.75, 3.05) is 0 Å². The number of carboxylic acid groups (broad SMARTS) is 2. The van der Waals surface area contributed by atoms with Crippen molar-refractivity contribution in [1.82, 2.24) is 20.8 Å². The highest BCUT2D eigenvalue weighted by molar-refractivity contribution is 5.86. The standard InChI is InChI=1S/C9H12N4O6/c1-4-11-6(19-13-4)3-10-9(18)12-5(8(16)17)2-7(14)15/h5H,2-3H2,1H3,(H,14,15)(H,16,17)(H2,10,12,18)/t5-/m1/s1. The van der Waals surface area contributed by atoms with Crippen LogP contribution in [0.4, 0.5) is 4.79 Å². The van der Waals surface area contributed by atoms with Crippen LogP contribution in [0.5, 0.6) is 0 Å². The molecule has 0 unspecified atom stereocenters. The number of hydrogen-bond acceptors (Lipinski definition) is 6. The molecule has 104 valence electrons. The Hall–Kier alpha value is -2.65. The number of rotatable bonds is 6. The Morgan fingerprint density at radius 1 is 1.37 bits per heavy atom. The maximum absolute atomic E-state index is 11.4. The lowest BCUT2D eigenvalue weighted by atomic mass is 10.2. The first-order valence-corrected chi connectivity index (χ1v) is 5.16. The van der Waals surface area contributed by atoms with E-state index in [-0.39, 0.29) is 12.4 Å². The zero-order chi connectivity index (χ0) is 14.4. The van der Waals surface area contributed by atoms with Gasteiger partial charge in [-0.15, -0.1) is 0 Å². The summed E-state index contributed by atoms with van der Waals surface area (Å²) < 4.78 is 4.72. The molecule has 2 amide bonds. The van der Waals surface area contributed by atoms with Gasteiger partial charge in [-0.1, -0.05) is 5.16 Å². The highest BCUT2D eigenvalue weighted by Crippen LogP contribution is 1.96. The summed E-state index contributed by atoms with van der Waals surface area (Å²) in [6.45, 7) is 1.51. The summed E-state index contributed by atoms with van der Waals surface area (Å²) in [6.07, 6.45) is -0.720. The summed E-state index contributed by atoms with van der Waals surface area (Å²) in [5.74, 6) is -2.23. The highest BCUT2D eigenvalue weighted by Gasteiger charge is 2.22. The van der Waals surface area contributed by atoms with Gasteiger partial charge in [-0.05, 0) is 6.92 Å². The average molecular weight is 272 g/mol. The maximum atomic E-state index is 11.4. The van der Waals surface area contributed by atoms with Crippen LogP contribution in [-0.2, 0) is 16.1 Å². The molecule has 0 aliphatic heterocycles. The first kappa shape index (κ1) is 14.4. The van der Waals surface area contributed by atoms with Crippen molar-refractivity contribution in [1.29, 1.82) is 0 Å². The van der Waals surface area contributed by atoms with E-state index in [1.807, 2.05) is 5.32 Å². The number of aromatic nitrogens is 2. The van der Waals surface area contributed by atoms with Gasteiger partial charge in [-0.2, -0.15) is 4.98 Å². The van der Waals surface area contributed by atoms with Crippen LogP contribution in [0.3, 0.4) is 0 Å². The SMILES string of the molecule is Cc1noc(CNC(=O)N[C@H](CC(=O)O)C(=O)O)n1. The molecule has 0 saturated carbocycles. The van der Waals surface area contributed by atoms with Crippen molar-refractivity contribution in [3.63, 3.8) is 0 Å². The number of hydrogen-bond donors (Lipinski definition) is 4. The second-order valence-electron chi connectivity index (χ2n) is 3.55. The Bertz CT molecular complexity index is 485. The van der Waals surface area contributed by atoms with Crippen LogP contribution in [0, 0.1) is 6.92 Å². The molecule has 0 radical (unpaired) electrons. The molecule has 0 aromatic carbocycles. The summed E-state index contributed by atoms with van der Waals surface area (Å²) in [6, 6.07) is -2.36. The minimum atomic E-state index is -1.51. The van der Waals surface area contributed by atoms with E-state index in [2.05, 4.69) is 15.5 Å². The fourth-order valence-electron chi connectivity index (χ4n) is 1.15. The van der Waals surface area contributed by atoms with Crippen LogP contribution in [0.2, 0.25) is 0 Å². The summed E-state index contributed by atoms with van der Waals surface area (Å²) >= 11 is 0. The van der Waals surface area contributed by atoms with Gasteiger partial charge in [0.25, 0.3) is 0 Å². The lowest BCUT2D eigenvalue weighted by molar-refractivity contribution is -0.145. The summed E-state index contributed by atoms with van der Waals surface area (Å²) in [5.41, 5.74) is 0. The molecule has 0 saturated heterocycles. The number of carbonyl (C=O) groups is 3. The van der Waals surface area contributed by atoms with E-state index < -0.39 is 30.4 Å². The van der Waals surface area contributed by atoms with Crippen LogP contribution >= 0.6 is 0 Å². The minimum absolute atomic E-state index is 0.0912. The number of carbonyl (C=O) groups excluding carboxylic acids is 1. The van der Waals surface area contributed by atoms with Crippen LogP contribution < -0.4 is 10.6 Å². The lowest BCUT2D eigenvalue weighted by Gasteiger charge is -2.12. The molecule has 1 heterocycles. The van der Waals surface area contributed by atoms with Crippen molar-refractivity contribution in [2.45, 2.75) is 25.9 Å². The van der Waals surface area contributed by atoms with Crippen molar-refractivity contribution >= 4 is 18.0 Å². The fourth-order valence-corrected chi connectivity index (χ4v) is 1.15. The highest BCUT2D eigenvalue weighted by atomic mass is 16.5. The third-order valence-electron chi connectivity index (χ3n) is 1.95. The molecule has 0 bridgehead atoms. The van der Waals surface area contributed by atoms with E-state index in [4.69, 9.17) is 14.7 Å². The van der Waals surface area contributed by atoms with Crippen molar-refractivity contribution in [2.24, 2.45) is 0 Å². The zero-order valence-electron chi connectivity index (χ0n) is 9.91. The molecule has 19 heavy (non-hydrogen) atoms. The first-order valence-electron chi connectivity index (χ1n) is 5.16. The van der Waals surface area contributed by atoms with Gasteiger partial charge in [0, 0.05) is 0 Å². The number of urea groups is 1. The number of aryl methyl sites for hydroxylation is 1. The van der Waals surface area contributed by atoms with E-state index >= 15 is 0 Å². The molecule has 1 aromatic rings. The van der Waals surface area contributed by atoms with E-state index in [0.29, 0.717) is 5.82 Å². The maximum Gasteiger partial charge on any atom is 0.326 e.